The fourth-order valence-electron chi connectivity index (χ4n) is 8.75. The van der Waals surface area contributed by atoms with Gasteiger partial charge >= 0.3 is 6.36 Å². The highest BCUT2D eigenvalue weighted by Crippen LogP contribution is 2.39. The molecule has 0 unspecified atom stereocenters. The van der Waals surface area contributed by atoms with E-state index in [0.717, 1.165) is 72.9 Å². The SMILES string of the molecule is COc1ccc(-c2cn3c(C(C)(C)Cc4cc(C(C)(C)C)c5nc(-c6ccc(OC(F)(F)F)cc6)cn5c4)ccc(CC(C)(C)c4cccc5nc(-c6cccnc6)oc45)c3n2)cc1. The van der Waals surface area contributed by atoms with E-state index in [1.807, 2.05) is 59.1 Å². The van der Waals surface area contributed by atoms with E-state index in [0.29, 0.717) is 30.0 Å². The van der Waals surface area contributed by atoms with Gasteiger partial charge in [-0.15, -0.1) is 13.2 Å². The zero-order chi connectivity index (χ0) is 45.2. The summed E-state index contributed by atoms with van der Waals surface area (Å²) in [6, 6.07) is 30.4. The zero-order valence-corrected chi connectivity index (χ0v) is 37.1. The van der Waals surface area contributed by atoms with Crippen LogP contribution in [0.25, 0.3) is 56.4 Å². The lowest BCUT2D eigenvalue weighted by molar-refractivity contribution is -0.274. The van der Waals surface area contributed by atoms with E-state index >= 15 is 0 Å². The van der Waals surface area contributed by atoms with Crippen molar-refractivity contribution in [1.82, 2.24) is 28.7 Å². The molecule has 0 atom stereocenters. The fraction of sp³-hybridized carbons (Fsp3) is 0.269. The van der Waals surface area contributed by atoms with Crippen LogP contribution in [0.1, 0.15) is 76.4 Å². The van der Waals surface area contributed by atoms with Crippen LogP contribution in [0.3, 0.4) is 0 Å². The molecule has 9 nitrogen and oxygen atoms in total. The Hall–Kier alpha value is -6.95. The fourth-order valence-corrected chi connectivity index (χ4v) is 8.75. The molecule has 0 radical (unpaired) electrons. The van der Waals surface area contributed by atoms with Gasteiger partial charge in [0.25, 0.3) is 0 Å². The van der Waals surface area contributed by atoms with Gasteiger partial charge in [-0.05, 0) is 108 Å². The molecule has 0 aliphatic carbocycles. The van der Waals surface area contributed by atoms with E-state index in [-0.39, 0.29) is 16.6 Å². The molecule has 9 aromatic rings. The second kappa shape index (κ2) is 15.7. The van der Waals surface area contributed by atoms with Gasteiger partial charge in [-0.25, -0.2) is 15.0 Å². The smallest absolute Gasteiger partial charge is 0.497 e. The van der Waals surface area contributed by atoms with E-state index in [4.69, 9.17) is 24.1 Å². The highest BCUT2D eigenvalue weighted by Gasteiger charge is 2.33. The van der Waals surface area contributed by atoms with Crippen LogP contribution in [0.2, 0.25) is 0 Å². The molecule has 64 heavy (non-hydrogen) atoms. The van der Waals surface area contributed by atoms with Crippen LogP contribution in [0.4, 0.5) is 13.2 Å². The maximum atomic E-state index is 12.9. The van der Waals surface area contributed by atoms with Gasteiger partial charge in [0.15, 0.2) is 5.58 Å². The Labute approximate surface area is 369 Å². The monoisotopic (exact) mass is 862 g/mol. The number of methoxy groups -OCH3 is 1. The van der Waals surface area contributed by atoms with E-state index in [2.05, 4.69) is 99.2 Å². The van der Waals surface area contributed by atoms with Crippen molar-refractivity contribution in [1.29, 1.82) is 0 Å². The molecule has 326 valence electrons. The summed E-state index contributed by atoms with van der Waals surface area (Å²) in [5, 5.41) is 0. The highest BCUT2D eigenvalue weighted by molar-refractivity contribution is 5.80. The third-order valence-corrected chi connectivity index (χ3v) is 11.9. The number of para-hydroxylation sites is 1. The molecule has 0 amide bonds. The molecule has 0 fully saturated rings. The summed E-state index contributed by atoms with van der Waals surface area (Å²) in [5.74, 6) is 1.03. The van der Waals surface area contributed by atoms with Crippen molar-refractivity contribution in [3.8, 4) is 45.5 Å². The molecule has 6 heterocycles. The number of hydrogen-bond acceptors (Lipinski definition) is 7. The minimum absolute atomic E-state index is 0.260. The van der Waals surface area contributed by atoms with E-state index < -0.39 is 11.8 Å². The molecule has 0 bridgehead atoms. The average molecular weight is 863 g/mol. The number of aromatic nitrogens is 6. The Morgan fingerprint density at radius 2 is 1.33 bits per heavy atom. The highest BCUT2D eigenvalue weighted by atomic mass is 19.4. The Bertz CT molecular complexity index is 3140. The number of fused-ring (bicyclic) bond motifs is 3. The lowest BCUT2D eigenvalue weighted by Crippen LogP contribution is -2.26. The van der Waals surface area contributed by atoms with E-state index in [1.165, 1.54) is 12.1 Å². The predicted molar refractivity (Wildman–Crippen MR) is 244 cm³/mol. The first-order chi connectivity index (χ1) is 30.3. The number of rotatable bonds is 11. The summed E-state index contributed by atoms with van der Waals surface area (Å²) in [5.41, 5.74) is 11.6. The molecular weight excluding hydrogens is 814 g/mol. The second-order valence-corrected chi connectivity index (χ2v) is 18.8. The van der Waals surface area contributed by atoms with Gasteiger partial charge in [0.1, 0.15) is 28.3 Å². The quantitative estimate of drug-likeness (QED) is 0.128. The molecule has 0 saturated heterocycles. The molecule has 6 aromatic heterocycles. The Kier molecular flexibility index (Phi) is 10.4. The Morgan fingerprint density at radius 3 is 1.98 bits per heavy atom. The number of hydrogen-bond donors (Lipinski definition) is 0. The molecule has 12 heteroatoms. The predicted octanol–water partition coefficient (Wildman–Crippen LogP) is 12.8. The number of pyridine rings is 3. The van der Waals surface area contributed by atoms with Crippen molar-refractivity contribution in [2.45, 2.75) is 83.9 Å². The molecule has 9 rings (SSSR count). The maximum Gasteiger partial charge on any atom is 0.573 e. The topological polar surface area (TPSA) is 92.0 Å². The zero-order valence-electron chi connectivity index (χ0n) is 37.1. The summed E-state index contributed by atoms with van der Waals surface area (Å²) in [4.78, 5) is 19.4. The summed E-state index contributed by atoms with van der Waals surface area (Å²) >= 11 is 0. The largest absolute Gasteiger partial charge is 0.573 e. The number of ether oxygens (including phenoxy) is 2. The molecular formula is C52H49F3N6O3. The first kappa shape index (κ1) is 42.4. The first-order valence-corrected chi connectivity index (χ1v) is 21.2. The molecule has 0 spiro atoms. The first-order valence-electron chi connectivity index (χ1n) is 21.2. The molecule has 0 aliphatic heterocycles. The van der Waals surface area contributed by atoms with Crippen LogP contribution < -0.4 is 9.47 Å². The van der Waals surface area contributed by atoms with Gasteiger partial charge in [-0.2, -0.15) is 0 Å². The van der Waals surface area contributed by atoms with Gasteiger partial charge < -0.3 is 22.7 Å². The summed E-state index contributed by atoms with van der Waals surface area (Å²) in [6.45, 7) is 15.5. The molecule has 3 aromatic carbocycles. The van der Waals surface area contributed by atoms with Crippen molar-refractivity contribution in [3.63, 3.8) is 0 Å². The Morgan fingerprint density at radius 1 is 0.641 bits per heavy atom. The average Bonchev–Trinajstić information content (AvgIpc) is 4.01. The third-order valence-electron chi connectivity index (χ3n) is 11.9. The number of imidazole rings is 2. The van der Waals surface area contributed by atoms with Crippen LogP contribution >= 0.6 is 0 Å². The van der Waals surface area contributed by atoms with Crippen molar-refractivity contribution in [2.24, 2.45) is 0 Å². The van der Waals surface area contributed by atoms with Crippen LogP contribution in [0, 0.1) is 0 Å². The number of halogens is 3. The second-order valence-electron chi connectivity index (χ2n) is 18.8. The van der Waals surface area contributed by atoms with E-state index in [1.54, 1.807) is 31.6 Å². The molecule has 0 saturated carbocycles. The van der Waals surface area contributed by atoms with Crippen LogP contribution in [-0.2, 0) is 29.1 Å². The van der Waals surface area contributed by atoms with Crippen LogP contribution in [-0.4, -0.2) is 42.2 Å². The van der Waals surface area contributed by atoms with Crippen molar-refractivity contribution in [3.05, 3.63) is 156 Å². The van der Waals surface area contributed by atoms with Crippen LogP contribution in [0.15, 0.2) is 132 Å². The van der Waals surface area contributed by atoms with Crippen molar-refractivity contribution in [2.75, 3.05) is 7.11 Å². The Balaban J connectivity index is 1.10. The molecule has 0 aliphatic rings. The van der Waals surface area contributed by atoms with Gasteiger partial charge in [0, 0.05) is 64.3 Å². The number of nitrogens with zero attached hydrogens (tertiary/aromatic N) is 6. The lowest BCUT2D eigenvalue weighted by Gasteiger charge is -2.29. The van der Waals surface area contributed by atoms with Gasteiger partial charge in [0.2, 0.25) is 5.89 Å². The van der Waals surface area contributed by atoms with Crippen molar-refractivity contribution >= 4 is 22.4 Å². The molecule has 0 N–H and O–H groups in total. The van der Waals surface area contributed by atoms with Crippen LogP contribution in [0.5, 0.6) is 11.5 Å². The van der Waals surface area contributed by atoms with Crippen molar-refractivity contribution < 1.29 is 27.1 Å². The van der Waals surface area contributed by atoms with E-state index in [9.17, 15) is 13.2 Å². The van der Waals surface area contributed by atoms with Gasteiger partial charge in [0.05, 0.1) is 24.1 Å². The normalized spacial score (nSPS) is 12.7. The summed E-state index contributed by atoms with van der Waals surface area (Å²) in [6.07, 6.45) is 6.27. The number of benzene rings is 3. The number of alkyl halides is 3. The maximum absolute atomic E-state index is 12.9. The summed E-state index contributed by atoms with van der Waals surface area (Å²) in [7, 11) is 1.66. The summed E-state index contributed by atoms with van der Waals surface area (Å²) < 4.78 is 58.9. The van der Waals surface area contributed by atoms with Gasteiger partial charge in [-0.1, -0.05) is 72.7 Å². The lowest BCUT2D eigenvalue weighted by atomic mass is 9.78. The van der Waals surface area contributed by atoms with Gasteiger partial charge in [-0.3, -0.25) is 4.98 Å². The standard InChI is InChI=1S/C52H49F3N6O3/c1-49(2,3)40-25-32(29-60-30-42(58-47(40)60)33-16-21-38(22-17-33)64-52(53,54)55)26-51(6,7)44-23-18-35(46-57-43(31-61(44)46)34-14-19-37(62-8)20-15-34)27-50(4,5)39-12-9-13-41-45(39)63-48(59-41)36-11-10-24-56-28-36/h9-25,28-31H,26-27H2,1-8H3. The minimum atomic E-state index is -4.76. The number of oxazole rings is 1. The minimum Gasteiger partial charge on any atom is -0.497 e. The third kappa shape index (κ3) is 8.32.